The number of aliphatic carboxylic acids is 1. The number of carboxylic acid groups (broad SMARTS) is 1. The van der Waals surface area contributed by atoms with Crippen molar-refractivity contribution in [3.8, 4) is 0 Å². The van der Waals surface area contributed by atoms with E-state index in [4.69, 9.17) is 16.2 Å². The van der Waals surface area contributed by atoms with Crippen molar-refractivity contribution < 1.29 is 14.7 Å². The van der Waals surface area contributed by atoms with Crippen LogP contribution in [0.15, 0.2) is 48.5 Å². The Morgan fingerprint density at radius 2 is 1.58 bits per heavy atom. The first-order chi connectivity index (χ1) is 11.9. The fourth-order valence-electron chi connectivity index (χ4n) is 2.22. The molecule has 138 valence electrons. The summed E-state index contributed by atoms with van der Waals surface area (Å²) in [6.45, 7) is 0.380. The summed E-state index contributed by atoms with van der Waals surface area (Å²) >= 11 is 0. The van der Waals surface area contributed by atoms with Crippen LogP contribution in [0.5, 0.6) is 0 Å². The minimum absolute atomic E-state index is 0. The lowest BCUT2D eigenvalue weighted by Crippen LogP contribution is -2.23. The highest BCUT2D eigenvalue weighted by Gasteiger charge is 2.06. The van der Waals surface area contributed by atoms with Gasteiger partial charge in [0, 0.05) is 24.2 Å². The first-order valence-electron chi connectivity index (χ1n) is 7.73. The molecule has 8 heteroatoms. The minimum atomic E-state index is -0.819. The number of nitrogens with one attached hydrogen (secondary N) is 3. The molecule has 0 aliphatic rings. The third-order valence-electron chi connectivity index (χ3n) is 3.53. The highest BCUT2D eigenvalue weighted by molar-refractivity contribution is 5.95. The molecule has 26 heavy (non-hydrogen) atoms. The van der Waals surface area contributed by atoms with Gasteiger partial charge in [0.15, 0.2) is 5.96 Å². The maximum Gasteiger partial charge on any atom is 0.303 e. The quantitative estimate of drug-likeness (QED) is 0.374. The van der Waals surface area contributed by atoms with Gasteiger partial charge < -0.3 is 21.5 Å². The Morgan fingerprint density at radius 1 is 1.00 bits per heavy atom. The van der Waals surface area contributed by atoms with Crippen molar-refractivity contribution in [2.75, 3.05) is 5.32 Å². The van der Waals surface area contributed by atoms with Crippen LogP contribution in [0.25, 0.3) is 0 Å². The lowest BCUT2D eigenvalue weighted by Gasteiger charge is -2.08. The lowest BCUT2D eigenvalue weighted by molar-refractivity contribution is -0.136. The number of hydrogen-bond donors (Lipinski definition) is 5. The van der Waals surface area contributed by atoms with Crippen LogP contribution in [0.4, 0.5) is 5.69 Å². The van der Waals surface area contributed by atoms with Crippen LogP contribution < -0.4 is 16.4 Å². The third-order valence-corrected chi connectivity index (χ3v) is 3.53. The summed E-state index contributed by atoms with van der Waals surface area (Å²) in [6, 6.07) is 14.1. The van der Waals surface area contributed by atoms with Gasteiger partial charge in [-0.3, -0.25) is 15.0 Å². The molecule has 2 rings (SSSR count). The number of anilines is 1. The highest BCUT2D eigenvalue weighted by Crippen LogP contribution is 2.10. The number of rotatable bonds is 7. The Labute approximate surface area is 157 Å². The van der Waals surface area contributed by atoms with E-state index < -0.39 is 5.97 Å². The van der Waals surface area contributed by atoms with Gasteiger partial charge in [0.25, 0.3) is 5.91 Å². The predicted octanol–water partition coefficient (Wildman–Crippen LogP) is 2.36. The van der Waals surface area contributed by atoms with E-state index in [0.29, 0.717) is 24.2 Å². The van der Waals surface area contributed by atoms with Crippen molar-refractivity contribution in [2.45, 2.75) is 19.4 Å². The first kappa shape index (κ1) is 21.0. The molecule has 2 aromatic carbocycles. The van der Waals surface area contributed by atoms with Gasteiger partial charge in [0.1, 0.15) is 0 Å². The molecule has 0 aliphatic heterocycles. The largest absolute Gasteiger partial charge is 0.481 e. The molecule has 2 aromatic rings. The van der Waals surface area contributed by atoms with Gasteiger partial charge in [0.2, 0.25) is 0 Å². The molecular weight excluding hydrogens is 356 g/mol. The molecule has 0 fully saturated rings. The topological polar surface area (TPSA) is 128 Å². The highest BCUT2D eigenvalue weighted by atomic mass is 35.5. The summed E-state index contributed by atoms with van der Waals surface area (Å²) in [5, 5.41) is 21.3. The Balaban J connectivity index is 0.00000338. The molecular formula is C18H21ClN4O3. The average Bonchev–Trinajstić information content (AvgIpc) is 2.59. The van der Waals surface area contributed by atoms with Gasteiger partial charge in [-0.05, 0) is 41.8 Å². The summed E-state index contributed by atoms with van der Waals surface area (Å²) in [6.07, 6.45) is 0.590. The number of benzene rings is 2. The van der Waals surface area contributed by atoms with Crippen LogP contribution >= 0.6 is 12.4 Å². The van der Waals surface area contributed by atoms with Crippen molar-refractivity contribution in [3.05, 3.63) is 65.2 Å². The summed E-state index contributed by atoms with van der Waals surface area (Å²) in [5.74, 6) is -1.19. The van der Waals surface area contributed by atoms with Crippen LogP contribution in [-0.2, 0) is 17.8 Å². The van der Waals surface area contributed by atoms with Crippen molar-refractivity contribution >= 4 is 35.9 Å². The molecule has 0 unspecified atom stereocenters. The van der Waals surface area contributed by atoms with Crippen LogP contribution in [0, 0.1) is 5.41 Å². The monoisotopic (exact) mass is 376 g/mol. The zero-order valence-corrected chi connectivity index (χ0v) is 14.8. The standard InChI is InChI=1S/C18H20N4O3.ClH/c19-18(20)22-15-8-6-14(7-9-15)17(25)21-11-13-3-1-12(2-4-13)5-10-16(23)24;/h1-4,6-9H,5,10-11H2,(H,21,25)(H,23,24)(H4,19,20,22);1H. The third kappa shape index (κ3) is 6.82. The summed E-state index contributed by atoms with van der Waals surface area (Å²) < 4.78 is 0. The Morgan fingerprint density at radius 3 is 2.12 bits per heavy atom. The molecule has 0 radical (unpaired) electrons. The Hall–Kier alpha value is -3.06. The van der Waals surface area contributed by atoms with Crippen molar-refractivity contribution in [1.29, 1.82) is 5.41 Å². The fourth-order valence-corrected chi connectivity index (χ4v) is 2.22. The van der Waals surface area contributed by atoms with E-state index in [-0.39, 0.29) is 30.7 Å². The van der Waals surface area contributed by atoms with E-state index >= 15 is 0 Å². The molecule has 0 bridgehead atoms. The van der Waals surface area contributed by atoms with Gasteiger partial charge in [-0.25, -0.2) is 0 Å². The van der Waals surface area contributed by atoms with Crippen molar-refractivity contribution in [2.24, 2.45) is 5.73 Å². The normalized spacial score (nSPS) is 9.69. The number of carbonyl (C=O) groups excluding carboxylic acids is 1. The number of carbonyl (C=O) groups is 2. The second-order valence-electron chi connectivity index (χ2n) is 5.51. The van der Waals surface area contributed by atoms with Crippen LogP contribution in [0.1, 0.15) is 27.9 Å². The first-order valence-corrected chi connectivity index (χ1v) is 7.73. The van der Waals surface area contributed by atoms with Gasteiger partial charge >= 0.3 is 5.97 Å². The molecule has 6 N–H and O–H groups in total. The molecule has 0 saturated carbocycles. The zero-order chi connectivity index (χ0) is 18.2. The van der Waals surface area contributed by atoms with E-state index in [1.165, 1.54) is 0 Å². The second kappa shape index (κ2) is 10.0. The number of nitrogens with two attached hydrogens (primary N) is 1. The van der Waals surface area contributed by atoms with Gasteiger partial charge in [-0.15, -0.1) is 12.4 Å². The SMILES string of the molecule is Cl.N=C(N)Nc1ccc(C(=O)NCc2ccc(CCC(=O)O)cc2)cc1. The predicted molar refractivity (Wildman–Crippen MR) is 103 cm³/mol. The van der Waals surface area contributed by atoms with Gasteiger partial charge in [-0.2, -0.15) is 0 Å². The fraction of sp³-hybridized carbons (Fsp3) is 0.167. The zero-order valence-electron chi connectivity index (χ0n) is 14.0. The summed E-state index contributed by atoms with van der Waals surface area (Å²) in [5.41, 5.74) is 8.27. The number of amides is 1. The molecule has 1 amide bonds. The van der Waals surface area contributed by atoms with E-state index in [2.05, 4.69) is 10.6 Å². The number of hydrogen-bond acceptors (Lipinski definition) is 3. The van der Waals surface area contributed by atoms with Gasteiger partial charge in [-0.1, -0.05) is 24.3 Å². The molecule has 7 nitrogen and oxygen atoms in total. The molecule has 0 aliphatic carbocycles. The maximum atomic E-state index is 12.1. The molecule has 0 saturated heterocycles. The number of guanidine groups is 1. The van der Waals surface area contributed by atoms with Crippen molar-refractivity contribution in [3.63, 3.8) is 0 Å². The number of aryl methyl sites for hydroxylation is 1. The van der Waals surface area contributed by atoms with Crippen LogP contribution in [0.3, 0.4) is 0 Å². The lowest BCUT2D eigenvalue weighted by atomic mass is 10.1. The molecule has 0 atom stereocenters. The van der Waals surface area contributed by atoms with Crippen LogP contribution in [0.2, 0.25) is 0 Å². The molecule has 0 heterocycles. The summed E-state index contributed by atoms with van der Waals surface area (Å²) in [7, 11) is 0. The second-order valence-corrected chi connectivity index (χ2v) is 5.51. The van der Waals surface area contributed by atoms with E-state index in [1.54, 1.807) is 24.3 Å². The van der Waals surface area contributed by atoms with Crippen molar-refractivity contribution in [1.82, 2.24) is 5.32 Å². The minimum Gasteiger partial charge on any atom is -0.481 e. The molecule has 0 aromatic heterocycles. The maximum absolute atomic E-state index is 12.1. The van der Waals surface area contributed by atoms with E-state index in [0.717, 1.165) is 11.1 Å². The number of halogens is 1. The van der Waals surface area contributed by atoms with E-state index in [1.807, 2.05) is 24.3 Å². The Kier molecular flexibility index (Phi) is 8.11. The van der Waals surface area contributed by atoms with E-state index in [9.17, 15) is 9.59 Å². The number of carboxylic acids is 1. The average molecular weight is 377 g/mol. The van der Waals surface area contributed by atoms with Crippen LogP contribution in [-0.4, -0.2) is 22.9 Å². The Bertz CT molecular complexity index is 761. The van der Waals surface area contributed by atoms with Gasteiger partial charge in [0.05, 0.1) is 0 Å². The summed E-state index contributed by atoms with van der Waals surface area (Å²) in [4.78, 5) is 22.7. The smallest absolute Gasteiger partial charge is 0.303 e. The molecule has 0 spiro atoms.